The predicted octanol–water partition coefficient (Wildman–Crippen LogP) is 2.14. The number of nitrogens with zero attached hydrogens (tertiary/aromatic N) is 2. The number of carbonyl (C=O) groups is 3. The average Bonchev–Trinajstić information content (AvgIpc) is 3.49. The largest absolute Gasteiger partial charge is 0.361 e. The van der Waals surface area contributed by atoms with E-state index in [1.54, 1.807) is 20.9 Å². The van der Waals surface area contributed by atoms with Gasteiger partial charge in [0.15, 0.2) is 0 Å². The lowest BCUT2D eigenvalue weighted by Crippen LogP contribution is -2.56. The third kappa shape index (κ3) is 4.19. The van der Waals surface area contributed by atoms with Crippen molar-refractivity contribution in [2.75, 3.05) is 20.1 Å². The minimum Gasteiger partial charge on any atom is -0.361 e. The van der Waals surface area contributed by atoms with Gasteiger partial charge in [0.2, 0.25) is 17.7 Å². The highest BCUT2D eigenvalue weighted by Gasteiger charge is 2.53. The number of nitrogens with one attached hydrogen (secondary N) is 3. The number of fused-ring (bicyclic) bond motifs is 2. The van der Waals surface area contributed by atoms with Crippen molar-refractivity contribution in [1.29, 1.82) is 0 Å². The summed E-state index contributed by atoms with van der Waals surface area (Å²) in [5.74, 6) is -0.259. The molecule has 0 unspecified atom stereocenters. The highest BCUT2D eigenvalue weighted by molar-refractivity contribution is 5.91. The third-order valence-electron chi connectivity index (χ3n) is 7.64. The monoisotopic (exact) mass is 467 g/mol. The molecule has 8 heteroatoms. The topological polar surface area (TPSA) is 97.5 Å². The number of rotatable bonds is 6. The normalized spacial score (nSPS) is 23.9. The van der Waals surface area contributed by atoms with E-state index in [1.165, 1.54) is 5.56 Å². The predicted molar refractivity (Wildman–Crippen MR) is 132 cm³/mol. The van der Waals surface area contributed by atoms with Crippen molar-refractivity contribution in [3.8, 4) is 0 Å². The van der Waals surface area contributed by atoms with Crippen LogP contribution in [0.3, 0.4) is 0 Å². The second kappa shape index (κ2) is 9.41. The summed E-state index contributed by atoms with van der Waals surface area (Å²) >= 11 is 0. The molecular formula is C26H37N5O3. The third-order valence-corrected chi connectivity index (χ3v) is 7.64. The summed E-state index contributed by atoms with van der Waals surface area (Å²) < 4.78 is 0. The van der Waals surface area contributed by atoms with Gasteiger partial charge in [-0.05, 0) is 50.9 Å². The Bertz CT molecular complexity index is 1090. The molecular weight excluding hydrogens is 430 g/mol. The molecule has 3 heterocycles. The van der Waals surface area contributed by atoms with E-state index in [0.717, 1.165) is 22.9 Å². The molecule has 2 aliphatic heterocycles. The number of aromatic nitrogens is 1. The maximum Gasteiger partial charge on any atom is 0.245 e. The molecule has 2 fully saturated rings. The van der Waals surface area contributed by atoms with E-state index in [9.17, 15) is 14.4 Å². The number of carbonyl (C=O) groups excluding carboxylic acids is 3. The highest BCUT2D eigenvalue weighted by atomic mass is 16.2. The van der Waals surface area contributed by atoms with Crippen molar-refractivity contribution in [2.45, 2.75) is 71.1 Å². The van der Waals surface area contributed by atoms with Gasteiger partial charge in [0.25, 0.3) is 0 Å². The molecule has 2 saturated heterocycles. The zero-order chi connectivity index (χ0) is 24.7. The Morgan fingerprint density at radius 3 is 2.53 bits per heavy atom. The Balaban J connectivity index is 1.69. The van der Waals surface area contributed by atoms with Gasteiger partial charge in [-0.2, -0.15) is 0 Å². The summed E-state index contributed by atoms with van der Waals surface area (Å²) in [6.07, 6.45) is 2.78. The summed E-state index contributed by atoms with van der Waals surface area (Å²) in [4.78, 5) is 46.3. The SMILES string of the molecule is CN[C@@H](C)C(=O)N[C@H](C(=O)N1CC[C@@H]2[C@H]1[C@@H](c1c[nH]c3ccc(C)cc13)CN2C(C)=O)C(C)C. The Labute approximate surface area is 201 Å². The number of aryl methyl sites for hydroxylation is 1. The molecule has 0 spiro atoms. The molecule has 2 aliphatic rings. The lowest BCUT2D eigenvalue weighted by molar-refractivity contribution is -0.139. The van der Waals surface area contributed by atoms with Gasteiger partial charge >= 0.3 is 0 Å². The number of hydrogen-bond acceptors (Lipinski definition) is 4. The second-order valence-corrected chi connectivity index (χ2v) is 10.2. The van der Waals surface area contributed by atoms with E-state index in [4.69, 9.17) is 0 Å². The molecule has 4 rings (SSSR count). The minimum atomic E-state index is -0.612. The van der Waals surface area contributed by atoms with Crippen LogP contribution in [0.4, 0.5) is 0 Å². The first kappa shape index (κ1) is 24.3. The summed E-state index contributed by atoms with van der Waals surface area (Å²) in [7, 11) is 1.73. The van der Waals surface area contributed by atoms with Crippen molar-refractivity contribution < 1.29 is 14.4 Å². The number of likely N-dealkylation sites (N-methyl/N-ethyl adjacent to an activating group) is 1. The van der Waals surface area contributed by atoms with E-state index in [0.29, 0.717) is 13.1 Å². The van der Waals surface area contributed by atoms with Crippen LogP contribution in [0.2, 0.25) is 0 Å². The molecule has 3 N–H and O–H groups in total. The van der Waals surface area contributed by atoms with E-state index in [1.807, 2.05) is 29.8 Å². The number of hydrogen-bond donors (Lipinski definition) is 3. The Morgan fingerprint density at radius 2 is 1.88 bits per heavy atom. The van der Waals surface area contributed by atoms with Gasteiger partial charge in [0, 0.05) is 43.0 Å². The van der Waals surface area contributed by atoms with E-state index >= 15 is 0 Å². The second-order valence-electron chi connectivity index (χ2n) is 10.2. The number of benzene rings is 1. The first-order valence-corrected chi connectivity index (χ1v) is 12.3. The van der Waals surface area contributed by atoms with Crippen molar-refractivity contribution >= 4 is 28.6 Å². The molecule has 34 heavy (non-hydrogen) atoms. The average molecular weight is 468 g/mol. The fourth-order valence-electron chi connectivity index (χ4n) is 5.65. The van der Waals surface area contributed by atoms with Gasteiger partial charge in [-0.15, -0.1) is 0 Å². The zero-order valence-corrected chi connectivity index (χ0v) is 21.0. The van der Waals surface area contributed by atoms with Crippen LogP contribution in [0.1, 0.15) is 51.2 Å². The maximum absolute atomic E-state index is 13.9. The van der Waals surface area contributed by atoms with Crippen molar-refractivity contribution in [3.05, 3.63) is 35.5 Å². The summed E-state index contributed by atoms with van der Waals surface area (Å²) in [5, 5.41) is 7.04. The highest BCUT2D eigenvalue weighted by Crippen LogP contribution is 2.43. The van der Waals surface area contributed by atoms with Crippen molar-refractivity contribution in [2.24, 2.45) is 5.92 Å². The Morgan fingerprint density at radius 1 is 1.15 bits per heavy atom. The molecule has 8 nitrogen and oxygen atoms in total. The van der Waals surface area contributed by atoms with E-state index in [2.05, 4.69) is 40.7 Å². The van der Waals surface area contributed by atoms with Gasteiger partial charge in [-0.25, -0.2) is 0 Å². The van der Waals surface area contributed by atoms with Crippen LogP contribution in [0, 0.1) is 12.8 Å². The lowest BCUT2D eigenvalue weighted by Gasteiger charge is -2.33. The molecule has 1 aromatic carbocycles. The summed E-state index contributed by atoms with van der Waals surface area (Å²) in [5.41, 5.74) is 3.38. The molecule has 184 valence electrons. The fourth-order valence-corrected chi connectivity index (χ4v) is 5.65. The molecule has 2 aromatic rings. The van der Waals surface area contributed by atoms with Crippen LogP contribution in [-0.4, -0.2) is 76.8 Å². The Kier molecular flexibility index (Phi) is 6.71. The van der Waals surface area contributed by atoms with Crippen molar-refractivity contribution in [1.82, 2.24) is 25.4 Å². The first-order valence-electron chi connectivity index (χ1n) is 12.3. The van der Waals surface area contributed by atoms with Crippen LogP contribution < -0.4 is 10.6 Å². The number of amides is 3. The minimum absolute atomic E-state index is 0.00986. The van der Waals surface area contributed by atoms with E-state index < -0.39 is 6.04 Å². The lowest BCUT2D eigenvalue weighted by atomic mass is 9.90. The molecule has 0 aliphatic carbocycles. The smallest absolute Gasteiger partial charge is 0.245 e. The van der Waals surface area contributed by atoms with Crippen LogP contribution in [0.5, 0.6) is 0 Å². The zero-order valence-electron chi connectivity index (χ0n) is 21.0. The van der Waals surface area contributed by atoms with Crippen molar-refractivity contribution in [3.63, 3.8) is 0 Å². The standard InChI is InChI=1S/C26H37N5O3/c1-14(2)23(29-25(33)16(4)27-6)26(34)30-10-9-22-24(30)20(13-31(22)17(5)32)19-12-28-21-8-7-15(3)11-18(19)21/h7-8,11-12,14,16,20,22-24,27-28H,9-10,13H2,1-6H3,(H,29,33)/t16-,20+,22+,23-,24+/m0/s1. The molecule has 0 bridgehead atoms. The molecule has 0 radical (unpaired) electrons. The van der Waals surface area contributed by atoms with Crippen LogP contribution in [0.25, 0.3) is 10.9 Å². The van der Waals surface area contributed by atoms with Gasteiger partial charge < -0.3 is 25.4 Å². The maximum atomic E-state index is 13.9. The van der Waals surface area contributed by atoms with E-state index in [-0.39, 0.29) is 47.7 Å². The van der Waals surface area contributed by atoms with Gasteiger partial charge in [-0.3, -0.25) is 14.4 Å². The fraction of sp³-hybridized carbons (Fsp3) is 0.577. The number of H-pyrrole nitrogens is 1. The summed E-state index contributed by atoms with van der Waals surface area (Å²) in [6, 6.07) is 5.20. The van der Waals surface area contributed by atoms with Gasteiger partial charge in [0.05, 0.1) is 18.1 Å². The van der Waals surface area contributed by atoms with Crippen LogP contribution in [-0.2, 0) is 14.4 Å². The number of likely N-dealkylation sites (tertiary alicyclic amines) is 2. The first-order chi connectivity index (χ1) is 16.1. The Hall–Kier alpha value is -2.87. The molecule has 3 amide bonds. The molecule has 1 aromatic heterocycles. The molecule has 5 atom stereocenters. The number of aromatic amines is 1. The van der Waals surface area contributed by atoms with Gasteiger partial charge in [-0.1, -0.05) is 25.5 Å². The van der Waals surface area contributed by atoms with Gasteiger partial charge in [0.1, 0.15) is 6.04 Å². The quantitative estimate of drug-likeness (QED) is 0.606. The van der Waals surface area contributed by atoms with Crippen LogP contribution in [0.15, 0.2) is 24.4 Å². The molecule has 0 saturated carbocycles. The summed E-state index contributed by atoms with van der Waals surface area (Å²) in [6.45, 7) is 10.5. The van der Waals surface area contributed by atoms with Crippen LogP contribution >= 0.6 is 0 Å².